The van der Waals surface area contributed by atoms with E-state index in [9.17, 15) is 9.90 Å². The van der Waals surface area contributed by atoms with E-state index in [1.54, 1.807) is 0 Å². The molecular weight excluding hydrogens is 268 g/mol. The number of rotatable bonds is 5. The van der Waals surface area contributed by atoms with E-state index in [0.717, 1.165) is 16.5 Å². The highest BCUT2D eigenvalue weighted by molar-refractivity contribution is 9.10. The smallest absolute Gasteiger partial charge is 0.310 e. The third-order valence-corrected chi connectivity index (χ3v) is 3.43. The summed E-state index contributed by atoms with van der Waals surface area (Å²) in [6, 6.07) is 7.54. The Balaban J connectivity index is 2.85. The molecule has 1 aromatic carbocycles. The Morgan fingerprint density at radius 2 is 1.94 bits per heavy atom. The van der Waals surface area contributed by atoms with E-state index < -0.39 is 5.97 Å². The second kappa shape index (κ2) is 6.04. The maximum Gasteiger partial charge on any atom is 0.310 e. The first-order chi connectivity index (χ1) is 7.54. The second-order valence-electron chi connectivity index (χ2n) is 4.19. The number of carbonyl (C=O) groups is 1. The van der Waals surface area contributed by atoms with Gasteiger partial charge in [0.05, 0.1) is 5.92 Å². The van der Waals surface area contributed by atoms with Gasteiger partial charge in [-0.2, -0.15) is 0 Å². The van der Waals surface area contributed by atoms with Crippen LogP contribution in [0.5, 0.6) is 0 Å². The molecule has 0 fully saturated rings. The van der Waals surface area contributed by atoms with E-state index in [1.165, 1.54) is 0 Å². The van der Waals surface area contributed by atoms with Crippen LogP contribution in [0, 0.1) is 5.92 Å². The highest BCUT2D eigenvalue weighted by atomic mass is 79.9. The Kier molecular flexibility index (Phi) is 5.00. The third-order valence-electron chi connectivity index (χ3n) is 2.91. The normalized spacial score (nSPS) is 14.4. The van der Waals surface area contributed by atoms with E-state index in [4.69, 9.17) is 0 Å². The van der Waals surface area contributed by atoms with Gasteiger partial charge >= 0.3 is 5.97 Å². The predicted octanol–water partition coefficient (Wildman–Crippen LogP) is 4.05. The van der Waals surface area contributed by atoms with Gasteiger partial charge in [-0.05, 0) is 30.0 Å². The van der Waals surface area contributed by atoms with Gasteiger partial charge in [0.15, 0.2) is 0 Å². The van der Waals surface area contributed by atoms with Crippen LogP contribution in [-0.2, 0) is 4.79 Å². The fraction of sp³-hybridized carbons (Fsp3) is 0.462. The first kappa shape index (κ1) is 13.2. The van der Waals surface area contributed by atoms with Crippen LogP contribution in [0.25, 0.3) is 0 Å². The molecule has 0 spiro atoms. The first-order valence-electron chi connectivity index (χ1n) is 5.52. The number of benzene rings is 1. The van der Waals surface area contributed by atoms with Crippen molar-refractivity contribution in [2.24, 2.45) is 5.92 Å². The lowest BCUT2D eigenvalue weighted by molar-refractivity contribution is -0.139. The van der Waals surface area contributed by atoms with Gasteiger partial charge in [-0.25, -0.2) is 0 Å². The Labute approximate surface area is 105 Å². The second-order valence-corrected chi connectivity index (χ2v) is 5.11. The minimum absolute atomic E-state index is 0.386. The summed E-state index contributed by atoms with van der Waals surface area (Å²) < 4.78 is 0.976. The van der Waals surface area contributed by atoms with Crippen LogP contribution in [0.2, 0.25) is 0 Å². The van der Waals surface area contributed by atoms with Crippen molar-refractivity contribution in [3.8, 4) is 0 Å². The maximum absolute atomic E-state index is 11.2. The molecule has 0 amide bonds. The van der Waals surface area contributed by atoms with Crippen LogP contribution in [0.3, 0.4) is 0 Å². The fourth-order valence-electron chi connectivity index (χ4n) is 1.64. The highest BCUT2D eigenvalue weighted by Gasteiger charge is 2.21. The summed E-state index contributed by atoms with van der Waals surface area (Å²) in [7, 11) is 0. The topological polar surface area (TPSA) is 37.3 Å². The zero-order chi connectivity index (χ0) is 12.1. The average Bonchev–Trinajstić information content (AvgIpc) is 2.26. The summed E-state index contributed by atoms with van der Waals surface area (Å²) in [6.07, 6.45) is 1.72. The molecule has 1 rings (SSSR count). The van der Waals surface area contributed by atoms with Crippen LogP contribution in [0.1, 0.15) is 38.2 Å². The van der Waals surface area contributed by atoms with Crippen molar-refractivity contribution >= 4 is 21.9 Å². The number of halogens is 1. The van der Waals surface area contributed by atoms with Crippen molar-refractivity contribution < 1.29 is 9.90 Å². The van der Waals surface area contributed by atoms with Gasteiger partial charge in [-0.15, -0.1) is 0 Å². The Hall–Kier alpha value is -0.830. The molecule has 1 aromatic rings. The summed E-state index contributed by atoms with van der Waals surface area (Å²) in [5.74, 6) is -0.685. The molecule has 0 heterocycles. The monoisotopic (exact) mass is 284 g/mol. The molecule has 0 saturated heterocycles. The zero-order valence-corrected chi connectivity index (χ0v) is 11.2. The fourth-order valence-corrected chi connectivity index (χ4v) is 1.91. The Morgan fingerprint density at radius 3 is 2.38 bits per heavy atom. The van der Waals surface area contributed by atoms with Gasteiger partial charge in [-0.1, -0.05) is 48.3 Å². The lowest BCUT2D eigenvalue weighted by Crippen LogP contribution is -2.14. The van der Waals surface area contributed by atoms with Gasteiger partial charge in [0.2, 0.25) is 0 Å². The van der Waals surface area contributed by atoms with Crippen molar-refractivity contribution in [1.29, 1.82) is 0 Å². The molecule has 0 bridgehead atoms. The van der Waals surface area contributed by atoms with Gasteiger partial charge in [-0.3, -0.25) is 4.79 Å². The van der Waals surface area contributed by atoms with Crippen LogP contribution in [-0.4, -0.2) is 11.1 Å². The summed E-state index contributed by atoms with van der Waals surface area (Å²) in [5.41, 5.74) is 0.885. The number of hydrogen-bond donors (Lipinski definition) is 1. The summed E-state index contributed by atoms with van der Waals surface area (Å²) in [6.45, 7) is 4.18. The number of hydrogen-bond acceptors (Lipinski definition) is 1. The minimum atomic E-state index is -0.734. The molecule has 0 radical (unpaired) electrons. The Morgan fingerprint density at radius 1 is 1.38 bits per heavy atom. The van der Waals surface area contributed by atoms with Crippen LogP contribution < -0.4 is 0 Å². The van der Waals surface area contributed by atoms with E-state index >= 15 is 0 Å². The van der Waals surface area contributed by atoms with Gasteiger partial charge in [0.1, 0.15) is 0 Å². The molecule has 88 valence electrons. The van der Waals surface area contributed by atoms with Gasteiger partial charge in [0.25, 0.3) is 0 Å². The van der Waals surface area contributed by atoms with Gasteiger partial charge in [0, 0.05) is 4.47 Å². The van der Waals surface area contributed by atoms with E-state index in [2.05, 4.69) is 29.8 Å². The standard InChI is InChI=1S/C13H17BrO2/c1-3-9(2)8-12(13(15)16)10-4-6-11(14)7-5-10/h4-7,9,12H,3,8H2,1-2H3,(H,15,16). The maximum atomic E-state index is 11.2. The van der Waals surface area contributed by atoms with Gasteiger partial charge < -0.3 is 5.11 Å². The summed E-state index contributed by atoms with van der Waals surface area (Å²) in [4.78, 5) is 11.2. The van der Waals surface area contributed by atoms with Crippen LogP contribution >= 0.6 is 15.9 Å². The van der Waals surface area contributed by atoms with Crippen molar-refractivity contribution in [1.82, 2.24) is 0 Å². The lowest BCUT2D eigenvalue weighted by Gasteiger charge is -2.16. The molecular formula is C13H17BrO2. The van der Waals surface area contributed by atoms with Crippen LogP contribution in [0.15, 0.2) is 28.7 Å². The quantitative estimate of drug-likeness (QED) is 0.886. The van der Waals surface area contributed by atoms with Crippen molar-refractivity contribution in [3.05, 3.63) is 34.3 Å². The third kappa shape index (κ3) is 3.63. The Bertz CT molecular complexity index is 345. The molecule has 0 aliphatic heterocycles. The minimum Gasteiger partial charge on any atom is -0.481 e. The zero-order valence-electron chi connectivity index (χ0n) is 9.61. The van der Waals surface area contributed by atoms with E-state index in [1.807, 2.05) is 24.3 Å². The lowest BCUT2D eigenvalue weighted by atomic mass is 9.88. The molecule has 0 saturated carbocycles. The van der Waals surface area contributed by atoms with E-state index in [0.29, 0.717) is 12.3 Å². The number of aliphatic carboxylic acids is 1. The first-order valence-corrected chi connectivity index (χ1v) is 6.32. The molecule has 2 unspecified atom stereocenters. The molecule has 0 aliphatic rings. The molecule has 16 heavy (non-hydrogen) atoms. The average molecular weight is 285 g/mol. The molecule has 2 atom stereocenters. The molecule has 0 aliphatic carbocycles. The summed E-state index contributed by atoms with van der Waals surface area (Å²) in [5, 5.41) is 9.23. The molecule has 0 aromatic heterocycles. The molecule has 3 heteroatoms. The van der Waals surface area contributed by atoms with E-state index in [-0.39, 0.29) is 5.92 Å². The highest BCUT2D eigenvalue weighted by Crippen LogP contribution is 2.26. The molecule has 2 nitrogen and oxygen atoms in total. The number of carboxylic acids is 1. The van der Waals surface area contributed by atoms with Crippen molar-refractivity contribution in [3.63, 3.8) is 0 Å². The summed E-state index contributed by atoms with van der Waals surface area (Å²) >= 11 is 3.35. The SMILES string of the molecule is CCC(C)CC(C(=O)O)c1ccc(Br)cc1. The number of carboxylic acid groups (broad SMARTS) is 1. The van der Waals surface area contributed by atoms with Crippen LogP contribution in [0.4, 0.5) is 0 Å². The van der Waals surface area contributed by atoms with Crippen molar-refractivity contribution in [2.45, 2.75) is 32.6 Å². The predicted molar refractivity (Wildman–Crippen MR) is 68.6 cm³/mol. The molecule has 1 N–H and O–H groups in total. The largest absolute Gasteiger partial charge is 0.481 e. The van der Waals surface area contributed by atoms with Crippen molar-refractivity contribution in [2.75, 3.05) is 0 Å².